The molecule has 1 unspecified atom stereocenters. The van der Waals surface area contributed by atoms with Crippen molar-refractivity contribution in [2.24, 2.45) is 7.05 Å². The Balaban J connectivity index is 0.000000807. The van der Waals surface area contributed by atoms with Gasteiger partial charge in [0.05, 0.1) is 0 Å². The molecule has 22 heavy (non-hydrogen) atoms. The largest absolute Gasteiger partial charge is 1.00 e. The number of nitrogens with zero attached hydrogens (tertiary/aromatic N) is 1. The second-order valence-electron chi connectivity index (χ2n) is 5.03. The van der Waals surface area contributed by atoms with Crippen LogP contribution in [0.2, 0.25) is 3.63 Å². The quantitative estimate of drug-likeness (QED) is 0.349. The molecule has 0 N–H and O–H groups in total. The molecule has 0 bridgehead atoms. The van der Waals surface area contributed by atoms with E-state index in [1.807, 2.05) is 0 Å². The maximum absolute atomic E-state index is 3.59. The zero-order valence-corrected chi connectivity index (χ0v) is 17.9. The van der Waals surface area contributed by atoms with E-state index < -0.39 is 0 Å². The summed E-state index contributed by atoms with van der Waals surface area (Å²) in [7, 11) is 2.17. The fraction of sp³-hybridized carbons (Fsp3) is 0.125. The van der Waals surface area contributed by atoms with Crippen molar-refractivity contribution in [1.82, 2.24) is 4.57 Å². The minimum absolute atomic E-state index is 0. The number of fused-ring (bicyclic) bond motifs is 5. The Morgan fingerprint density at radius 3 is 2.64 bits per heavy atom. The van der Waals surface area contributed by atoms with Gasteiger partial charge >= 0.3 is 136 Å². The second kappa shape index (κ2) is 7.40. The van der Waals surface area contributed by atoms with Gasteiger partial charge in [-0.2, -0.15) is 0 Å². The van der Waals surface area contributed by atoms with Crippen LogP contribution in [0.4, 0.5) is 0 Å². The van der Waals surface area contributed by atoms with E-state index in [2.05, 4.69) is 70.0 Å². The molecule has 0 aliphatic heterocycles. The van der Waals surface area contributed by atoms with E-state index in [0.29, 0.717) is 3.63 Å². The number of rotatable bonds is 0. The van der Waals surface area contributed by atoms with Crippen molar-refractivity contribution in [2.75, 3.05) is 0 Å². The third-order valence-corrected chi connectivity index (χ3v) is 5.70. The molecule has 1 aromatic carbocycles. The van der Waals surface area contributed by atoms with E-state index in [0.717, 1.165) is 4.47 Å². The fourth-order valence-electron chi connectivity index (χ4n) is 3.09. The Hall–Kier alpha value is 0.213. The first-order valence-corrected chi connectivity index (χ1v) is 8.48. The molecule has 0 amide bonds. The zero-order chi connectivity index (χ0) is 13.1. The molecule has 0 fully saturated rings. The van der Waals surface area contributed by atoms with Crippen molar-refractivity contribution < 1.29 is 61.9 Å². The van der Waals surface area contributed by atoms with Crippen LogP contribution in [-0.4, -0.2) is 4.57 Å². The Kier molecular flexibility index (Phi) is 6.82. The first-order chi connectivity index (χ1) is 9.16. The molecule has 6 heteroatoms. The van der Waals surface area contributed by atoms with Gasteiger partial charge in [0.15, 0.2) is 0 Å². The molecule has 112 valence electrons. The van der Waals surface area contributed by atoms with Crippen molar-refractivity contribution in [3.63, 3.8) is 0 Å². The Morgan fingerprint density at radius 2 is 1.91 bits per heavy atom. The van der Waals surface area contributed by atoms with Crippen LogP contribution in [-0.2, 0) is 31.8 Å². The summed E-state index contributed by atoms with van der Waals surface area (Å²) in [4.78, 5) is 0. The van der Waals surface area contributed by atoms with E-state index in [-0.39, 0.29) is 37.2 Å². The van der Waals surface area contributed by atoms with Crippen LogP contribution in [0.1, 0.15) is 11.3 Å². The summed E-state index contributed by atoms with van der Waals surface area (Å²) < 4.78 is 4.07. The van der Waals surface area contributed by atoms with Crippen LogP contribution in [0, 0.1) is 0 Å². The van der Waals surface area contributed by atoms with Gasteiger partial charge in [-0.25, -0.2) is 0 Å². The monoisotopic (exact) mass is 491 g/mol. The van der Waals surface area contributed by atoms with E-state index in [1.54, 1.807) is 24.7 Å². The average molecular weight is 495 g/mol. The summed E-state index contributed by atoms with van der Waals surface area (Å²) in [5.74, 6) is 0. The molecule has 1 atom stereocenters. The van der Waals surface area contributed by atoms with E-state index in [4.69, 9.17) is 0 Å². The Labute approximate surface area is 172 Å². The van der Waals surface area contributed by atoms with E-state index in [1.165, 1.54) is 33.3 Å². The number of aromatic nitrogens is 1. The van der Waals surface area contributed by atoms with E-state index >= 15 is 0 Å². The molecule has 0 spiro atoms. The third-order valence-electron chi connectivity index (χ3n) is 3.97. The minimum Gasteiger partial charge on any atom is -1.00 e. The van der Waals surface area contributed by atoms with Gasteiger partial charge in [0, 0.05) is 0 Å². The standard InChI is InChI=1S/C16H11BrN.3ClH.Zr/c1-18-15-7-6-11(17)9-13(15)14-8-10-4-2-3-5-12(10)16(14)18;;;;/h2-9H,1H3;3*1H;/q;;;;+3/p-3. The van der Waals surface area contributed by atoms with Gasteiger partial charge in [0.1, 0.15) is 0 Å². The normalized spacial score (nSPS) is 17.5. The molecule has 0 radical (unpaired) electrons. The predicted molar refractivity (Wildman–Crippen MR) is 79.5 cm³/mol. The minimum atomic E-state index is 0. The van der Waals surface area contributed by atoms with E-state index in [9.17, 15) is 0 Å². The number of halogens is 4. The zero-order valence-electron chi connectivity index (χ0n) is 11.6. The summed E-state index contributed by atoms with van der Waals surface area (Å²) in [5, 5.41) is 1.35. The van der Waals surface area contributed by atoms with Gasteiger partial charge in [-0.1, -0.05) is 0 Å². The molecule has 1 heterocycles. The molecule has 2 aliphatic carbocycles. The van der Waals surface area contributed by atoms with Gasteiger partial charge in [0.25, 0.3) is 0 Å². The van der Waals surface area contributed by atoms with Crippen molar-refractivity contribution in [3.8, 4) is 0 Å². The molecule has 0 saturated carbocycles. The molecule has 1 nitrogen and oxygen atoms in total. The summed E-state index contributed by atoms with van der Waals surface area (Å²) in [6.07, 6.45) is 9.15. The third kappa shape index (κ3) is 2.84. The Morgan fingerprint density at radius 1 is 1.18 bits per heavy atom. The number of aryl methyl sites for hydroxylation is 1. The number of allylic oxidation sites excluding steroid dienone is 5. The first-order valence-electron chi connectivity index (χ1n) is 6.26. The molecule has 4 rings (SSSR count). The smallest absolute Gasteiger partial charge is 1.00 e. The maximum Gasteiger partial charge on any atom is -1.00 e. The molecule has 0 saturated heterocycles. The molecular weight excluding hydrogens is 484 g/mol. The summed E-state index contributed by atoms with van der Waals surface area (Å²) >= 11 is 5.15. The van der Waals surface area contributed by atoms with Crippen LogP contribution in [0.15, 0.2) is 46.5 Å². The SMILES string of the molecule is Cn1c2c(c3cc(Br)ccc31)C=C1C2=CC=C[CH]1[Zr+3].[Cl-].[Cl-].[Cl-]. The maximum atomic E-state index is 3.59. The van der Waals surface area contributed by atoms with Gasteiger partial charge in [-0.3, -0.25) is 0 Å². The van der Waals surface area contributed by atoms with Gasteiger partial charge in [-0.15, -0.1) is 0 Å². The topological polar surface area (TPSA) is 4.93 Å². The number of hydrogen-bond donors (Lipinski definition) is 0. The summed E-state index contributed by atoms with van der Waals surface area (Å²) in [6.45, 7) is 0. The van der Waals surface area contributed by atoms with Crippen LogP contribution in [0.5, 0.6) is 0 Å². The van der Waals surface area contributed by atoms with Crippen LogP contribution in [0.25, 0.3) is 22.6 Å². The number of benzene rings is 1. The van der Waals surface area contributed by atoms with Gasteiger partial charge < -0.3 is 37.2 Å². The van der Waals surface area contributed by atoms with Crippen LogP contribution in [0.3, 0.4) is 0 Å². The van der Waals surface area contributed by atoms with Crippen molar-refractivity contribution in [1.29, 1.82) is 0 Å². The fourth-order valence-corrected chi connectivity index (χ4v) is 4.31. The Bertz CT molecular complexity index is 820. The van der Waals surface area contributed by atoms with Crippen molar-refractivity contribution >= 4 is 38.5 Å². The molecule has 1 aromatic heterocycles. The molecular formula is C16H11BrCl3NZr. The number of hydrogen-bond acceptors (Lipinski definition) is 0. The molecule has 2 aromatic rings. The van der Waals surface area contributed by atoms with Crippen LogP contribution >= 0.6 is 15.9 Å². The second-order valence-corrected chi connectivity index (χ2v) is 7.47. The first kappa shape index (κ1) is 20.3. The average Bonchev–Trinajstić information content (AvgIpc) is 2.89. The summed E-state index contributed by atoms with van der Waals surface area (Å²) in [6, 6.07) is 6.54. The van der Waals surface area contributed by atoms with Crippen LogP contribution < -0.4 is 37.2 Å². The van der Waals surface area contributed by atoms with Crippen molar-refractivity contribution in [3.05, 3.63) is 57.7 Å². The van der Waals surface area contributed by atoms with Crippen molar-refractivity contribution in [2.45, 2.75) is 3.63 Å². The summed E-state index contributed by atoms with van der Waals surface area (Å²) in [5.41, 5.74) is 6.97. The van der Waals surface area contributed by atoms with Gasteiger partial charge in [-0.05, 0) is 0 Å². The predicted octanol–water partition coefficient (Wildman–Crippen LogP) is -4.36. The molecule has 2 aliphatic rings. The van der Waals surface area contributed by atoms with Gasteiger partial charge in [0.2, 0.25) is 0 Å².